The molecule has 5 rings (SSSR count). The summed E-state index contributed by atoms with van der Waals surface area (Å²) in [7, 11) is 0. The molecule has 0 atom stereocenters. The number of nitrogens with zero attached hydrogens (tertiary/aromatic N) is 5. The van der Waals surface area contributed by atoms with Crippen molar-refractivity contribution in [1.29, 1.82) is 0 Å². The number of pyridine rings is 3. The highest BCUT2D eigenvalue weighted by atomic mass is 16.5. The third-order valence-electron chi connectivity index (χ3n) is 6.61. The number of fused-ring (bicyclic) bond motifs is 1. The Kier molecular flexibility index (Phi) is 5.86. The van der Waals surface area contributed by atoms with Gasteiger partial charge in [0.25, 0.3) is 0 Å². The second-order valence-electron chi connectivity index (χ2n) is 8.70. The molecule has 4 aromatic heterocycles. The van der Waals surface area contributed by atoms with E-state index < -0.39 is 0 Å². The summed E-state index contributed by atoms with van der Waals surface area (Å²) < 4.78 is 5.21. The summed E-state index contributed by atoms with van der Waals surface area (Å²) in [6, 6.07) is 10.3. The van der Waals surface area contributed by atoms with Crippen molar-refractivity contribution in [1.82, 2.24) is 25.0 Å². The molecule has 33 heavy (non-hydrogen) atoms. The van der Waals surface area contributed by atoms with E-state index in [2.05, 4.69) is 33.3 Å². The standard InChI is InChI=1S/C26H27N5O2/c1-17-23(18(2)33-30-17)4-6-25(32)31-13-9-20(10-14-31)24-5-3-21-15-22(16-28-26(21)29-24)19-7-11-27-12-8-19/h3,5,7-8,11-12,15-16,20H,4,6,9-10,13-14H2,1-2H3. The van der Waals surface area contributed by atoms with E-state index in [4.69, 9.17) is 9.51 Å². The summed E-state index contributed by atoms with van der Waals surface area (Å²) in [5.41, 5.74) is 5.91. The fourth-order valence-electron chi connectivity index (χ4n) is 4.63. The quantitative estimate of drug-likeness (QED) is 0.449. The highest BCUT2D eigenvalue weighted by molar-refractivity contribution is 5.81. The van der Waals surface area contributed by atoms with Crippen molar-refractivity contribution in [3.8, 4) is 11.1 Å². The van der Waals surface area contributed by atoms with E-state index in [0.29, 0.717) is 18.8 Å². The topological polar surface area (TPSA) is 85.0 Å². The molecular weight excluding hydrogens is 414 g/mol. The first kappa shape index (κ1) is 21.2. The number of aromatic nitrogens is 4. The Bertz CT molecular complexity index is 1260. The van der Waals surface area contributed by atoms with Crippen LogP contribution in [0.15, 0.2) is 53.4 Å². The van der Waals surface area contributed by atoms with Gasteiger partial charge in [0.1, 0.15) is 5.76 Å². The van der Waals surface area contributed by atoms with E-state index >= 15 is 0 Å². The lowest BCUT2D eigenvalue weighted by molar-refractivity contribution is -0.132. The first-order valence-corrected chi connectivity index (χ1v) is 11.4. The maximum absolute atomic E-state index is 12.7. The number of hydrogen-bond acceptors (Lipinski definition) is 6. The molecule has 1 aliphatic rings. The van der Waals surface area contributed by atoms with Crippen LogP contribution < -0.4 is 0 Å². The van der Waals surface area contributed by atoms with Gasteiger partial charge in [-0.15, -0.1) is 0 Å². The Balaban J connectivity index is 1.21. The molecule has 0 N–H and O–H groups in total. The summed E-state index contributed by atoms with van der Waals surface area (Å²) in [5, 5.41) is 5.01. The van der Waals surface area contributed by atoms with E-state index in [9.17, 15) is 4.79 Å². The zero-order chi connectivity index (χ0) is 22.8. The minimum absolute atomic E-state index is 0.199. The molecule has 0 saturated carbocycles. The Morgan fingerprint density at radius 2 is 1.88 bits per heavy atom. The summed E-state index contributed by atoms with van der Waals surface area (Å²) in [6.45, 7) is 5.35. The number of carbonyl (C=O) groups excluding carboxylic acids is 1. The zero-order valence-corrected chi connectivity index (χ0v) is 19.0. The van der Waals surface area contributed by atoms with Gasteiger partial charge >= 0.3 is 0 Å². The Morgan fingerprint density at radius 3 is 2.61 bits per heavy atom. The van der Waals surface area contributed by atoms with Crippen LogP contribution in [0.25, 0.3) is 22.2 Å². The fourth-order valence-corrected chi connectivity index (χ4v) is 4.63. The van der Waals surface area contributed by atoms with Crippen LogP contribution in [0.5, 0.6) is 0 Å². The molecule has 1 saturated heterocycles. The van der Waals surface area contributed by atoms with Crippen LogP contribution >= 0.6 is 0 Å². The maximum Gasteiger partial charge on any atom is 0.222 e. The largest absolute Gasteiger partial charge is 0.361 e. The molecule has 1 amide bonds. The van der Waals surface area contributed by atoms with Gasteiger partial charge in [-0.25, -0.2) is 9.97 Å². The zero-order valence-electron chi connectivity index (χ0n) is 19.0. The van der Waals surface area contributed by atoms with Gasteiger partial charge in [0.15, 0.2) is 5.65 Å². The first-order chi connectivity index (χ1) is 16.1. The lowest BCUT2D eigenvalue weighted by Crippen LogP contribution is -2.38. The lowest BCUT2D eigenvalue weighted by atomic mass is 9.92. The monoisotopic (exact) mass is 441 g/mol. The van der Waals surface area contributed by atoms with Crippen molar-refractivity contribution in [3.05, 3.63) is 71.6 Å². The van der Waals surface area contributed by atoms with Crippen molar-refractivity contribution >= 4 is 16.9 Å². The molecule has 0 bridgehead atoms. The van der Waals surface area contributed by atoms with Crippen LogP contribution in [0.2, 0.25) is 0 Å². The van der Waals surface area contributed by atoms with E-state index in [0.717, 1.165) is 70.8 Å². The van der Waals surface area contributed by atoms with Gasteiger partial charge < -0.3 is 9.42 Å². The van der Waals surface area contributed by atoms with Crippen molar-refractivity contribution in [3.63, 3.8) is 0 Å². The van der Waals surface area contributed by atoms with Crippen LogP contribution in [-0.4, -0.2) is 44.0 Å². The number of likely N-dealkylation sites (tertiary alicyclic amines) is 1. The SMILES string of the molecule is Cc1noc(C)c1CCC(=O)N1CCC(c2ccc3cc(-c4ccncc4)cnc3n2)CC1. The number of hydrogen-bond donors (Lipinski definition) is 0. The van der Waals surface area contributed by atoms with Crippen LogP contribution in [0.4, 0.5) is 0 Å². The molecule has 7 heteroatoms. The molecule has 0 spiro atoms. The molecule has 0 aliphatic carbocycles. The lowest BCUT2D eigenvalue weighted by Gasteiger charge is -2.32. The van der Waals surface area contributed by atoms with Crippen LogP contribution in [0, 0.1) is 13.8 Å². The highest BCUT2D eigenvalue weighted by Crippen LogP contribution is 2.29. The molecule has 1 fully saturated rings. The van der Waals surface area contributed by atoms with Gasteiger partial charge in [0.2, 0.25) is 5.91 Å². The minimum Gasteiger partial charge on any atom is -0.361 e. The normalized spacial score (nSPS) is 14.7. The number of carbonyl (C=O) groups is 1. The number of amides is 1. The van der Waals surface area contributed by atoms with E-state index in [1.165, 1.54) is 0 Å². The fraction of sp³-hybridized carbons (Fsp3) is 0.346. The van der Waals surface area contributed by atoms with Gasteiger partial charge in [-0.3, -0.25) is 9.78 Å². The number of rotatable bonds is 5. The molecule has 0 unspecified atom stereocenters. The predicted octanol–water partition coefficient (Wildman–Crippen LogP) is 4.64. The maximum atomic E-state index is 12.7. The second-order valence-corrected chi connectivity index (χ2v) is 8.70. The summed E-state index contributed by atoms with van der Waals surface area (Å²) in [4.78, 5) is 28.2. The third kappa shape index (κ3) is 4.49. The molecule has 0 radical (unpaired) electrons. The smallest absolute Gasteiger partial charge is 0.222 e. The van der Waals surface area contributed by atoms with Gasteiger partial charge in [-0.1, -0.05) is 5.16 Å². The third-order valence-corrected chi connectivity index (χ3v) is 6.61. The van der Waals surface area contributed by atoms with Crippen molar-refractivity contribution in [2.24, 2.45) is 0 Å². The van der Waals surface area contributed by atoms with Crippen LogP contribution in [0.3, 0.4) is 0 Å². The van der Waals surface area contributed by atoms with Gasteiger partial charge in [0.05, 0.1) is 5.69 Å². The molecule has 4 aromatic rings. The Hall–Kier alpha value is -3.61. The second kappa shape index (κ2) is 9.10. The molecular formula is C26H27N5O2. The molecule has 7 nitrogen and oxygen atoms in total. The van der Waals surface area contributed by atoms with Gasteiger partial charge in [0, 0.05) is 66.2 Å². The van der Waals surface area contributed by atoms with Gasteiger partial charge in [-0.05, 0) is 69.0 Å². The average Bonchev–Trinajstić information content (AvgIpc) is 3.19. The minimum atomic E-state index is 0.199. The molecule has 1 aliphatic heterocycles. The van der Waals surface area contributed by atoms with Crippen LogP contribution in [0.1, 0.15) is 47.9 Å². The van der Waals surface area contributed by atoms with Gasteiger partial charge in [-0.2, -0.15) is 0 Å². The summed E-state index contributed by atoms with van der Waals surface area (Å²) in [6.07, 6.45) is 8.46. The molecule has 168 valence electrons. The summed E-state index contributed by atoms with van der Waals surface area (Å²) in [5.74, 6) is 1.36. The Labute approximate surface area is 192 Å². The van der Waals surface area contributed by atoms with E-state index in [1.807, 2.05) is 37.1 Å². The van der Waals surface area contributed by atoms with E-state index in [1.54, 1.807) is 12.4 Å². The van der Waals surface area contributed by atoms with E-state index in [-0.39, 0.29) is 5.91 Å². The predicted molar refractivity (Wildman–Crippen MR) is 126 cm³/mol. The summed E-state index contributed by atoms with van der Waals surface area (Å²) >= 11 is 0. The number of aryl methyl sites for hydroxylation is 2. The van der Waals surface area contributed by atoms with Crippen molar-refractivity contribution in [2.45, 2.75) is 45.4 Å². The van der Waals surface area contributed by atoms with Crippen molar-refractivity contribution in [2.75, 3.05) is 13.1 Å². The molecule has 5 heterocycles. The first-order valence-electron chi connectivity index (χ1n) is 11.4. The number of piperidine rings is 1. The highest BCUT2D eigenvalue weighted by Gasteiger charge is 2.25. The van der Waals surface area contributed by atoms with Crippen LogP contribution in [-0.2, 0) is 11.2 Å². The van der Waals surface area contributed by atoms with Crippen molar-refractivity contribution < 1.29 is 9.32 Å². The molecule has 0 aromatic carbocycles. The Morgan fingerprint density at radius 1 is 1.09 bits per heavy atom. The average molecular weight is 442 g/mol.